The number of amides is 2. The minimum Gasteiger partial charge on any atom is -0.497 e. The fraction of sp³-hybridized carbons (Fsp3) is 0.467. The summed E-state index contributed by atoms with van der Waals surface area (Å²) < 4.78 is 17.4. The van der Waals surface area contributed by atoms with Crippen molar-refractivity contribution >= 4 is 17.5 Å². The summed E-state index contributed by atoms with van der Waals surface area (Å²) in [5.74, 6) is 0.205. The van der Waals surface area contributed by atoms with Gasteiger partial charge in [-0.1, -0.05) is 0 Å². The van der Waals surface area contributed by atoms with Crippen molar-refractivity contribution in [3.63, 3.8) is 0 Å². The molecule has 2 amide bonds. The van der Waals surface area contributed by atoms with Gasteiger partial charge in [0.05, 0.1) is 19.6 Å². The highest BCUT2D eigenvalue weighted by molar-refractivity contribution is 5.95. The van der Waals surface area contributed by atoms with Gasteiger partial charge in [0, 0.05) is 25.3 Å². The molecule has 0 aliphatic carbocycles. The van der Waals surface area contributed by atoms with E-state index in [0.717, 1.165) is 0 Å². The number of alkyl halides is 1. The maximum absolute atomic E-state index is 12.4. The first-order valence-corrected chi connectivity index (χ1v) is 7.16. The summed E-state index contributed by atoms with van der Waals surface area (Å²) in [6, 6.07) is 6.33. The highest BCUT2D eigenvalue weighted by atomic mass is 19.1. The van der Waals surface area contributed by atoms with Gasteiger partial charge in [-0.05, 0) is 24.3 Å². The van der Waals surface area contributed by atoms with Gasteiger partial charge >= 0.3 is 0 Å². The number of ether oxygens (including phenoxy) is 1. The zero-order chi connectivity index (χ0) is 15.9. The number of anilines is 1. The normalized spacial score (nSPS) is 18.2. The Morgan fingerprint density at radius 2 is 2.18 bits per heavy atom. The molecule has 1 atom stereocenters. The van der Waals surface area contributed by atoms with Crippen LogP contribution in [0.15, 0.2) is 24.3 Å². The molecule has 120 valence electrons. The molecule has 0 spiro atoms. The van der Waals surface area contributed by atoms with Crippen LogP contribution in [0.5, 0.6) is 5.75 Å². The third-order valence-electron chi connectivity index (χ3n) is 3.50. The van der Waals surface area contributed by atoms with Gasteiger partial charge in [-0.3, -0.25) is 9.59 Å². The molecule has 1 saturated heterocycles. The summed E-state index contributed by atoms with van der Waals surface area (Å²) >= 11 is 0. The van der Waals surface area contributed by atoms with E-state index in [9.17, 15) is 14.0 Å². The van der Waals surface area contributed by atoms with Crippen LogP contribution >= 0.6 is 0 Å². The van der Waals surface area contributed by atoms with Gasteiger partial charge in [-0.25, -0.2) is 4.39 Å². The standard InChI is InChI=1S/C15H20FN3O3/c1-22-12-4-2-11(3-5-12)18-14(20)10-13-15(21)19(8-6-16)9-7-17-13/h2-5,13,17H,6-10H2,1H3,(H,18,20). The lowest BCUT2D eigenvalue weighted by molar-refractivity contribution is -0.137. The molecule has 0 aromatic heterocycles. The van der Waals surface area contributed by atoms with E-state index >= 15 is 0 Å². The number of nitrogens with zero attached hydrogens (tertiary/aromatic N) is 1. The number of methoxy groups -OCH3 is 1. The molecule has 1 aromatic rings. The zero-order valence-electron chi connectivity index (χ0n) is 12.5. The minimum atomic E-state index is -0.599. The Morgan fingerprint density at radius 1 is 1.45 bits per heavy atom. The highest BCUT2D eigenvalue weighted by Crippen LogP contribution is 2.15. The van der Waals surface area contributed by atoms with Crippen LogP contribution in [0.3, 0.4) is 0 Å². The van der Waals surface area contributed by atoms with Crippen molar-refractivity contribution in [2.24, 2.45) is 0 Å². The van der Waals surface area contributed by atoms with Gasteiger partial charge in [0.1, 0.15) is 12.4 Å². The van der Waals surface area contributed by atoms with Crippen LogP contribution in [0.4, 0.5) is 10.1 Å². The first-order valence-electron chi connectivity index (χ1n) is 7.16. The topological polar surface area (TPSA) is 70.7 Å². The molecule has 22 heavy (non-hydrogen) atoms. The second-order valence-corrected chi connectivity index (χ2v) is 5.00. The Morgan fingerprint density at radius 3 is 2.82 bits per heavy atom. The molecule has 0 radical (unpaired) electrons. The van der Waals surface area contributed by atoms with Gasteiger partial charge in [0.15, 0.2) is 0 Å². The molecule has 7 heteroatoms. The summed E-state index contributed by atoms with van der Waals surface area (Å²) in [6.07, 6.45) is 0.0215. The molecule has 6 nitrogen and oxygen atoms in total. The maximum Gasteiger partial charge on any atom is 0.240 e. The van der Waals surface area contributed by atoms with E-state index in [-0.39, 0.29) is 24.8 Å². The van der Waals surface area contributed by atoms with Crippen molar-refractivity contribution < 1.29 is 18.7 Å². The lowest BCUT2D eigenvalue weighted by atomic mass is 10.1. The molecular formula is C15H20FN3O3. The fourth-order valence-corrected chi connectivity index (χ4v) is 2.35. The molecule has 1 unspecified atom stereocenters. The summed E-state index contributed by atoms with van der Waals surface area (Å²) in [5.41, 5.74) is 0.634. The Balaban J connectivity index is 1.89. The SMILES string of the molecule is COc1ccc(NC(=O)CC2NCCN(CCF)C2=O)cc1. The largest absolute Gasteiger partial charge is 0.497 e. The van der Waals surface area contributed by atoms with E-state index in [1.807, 2.05) is 0 Å². The number of carbonyl (C=O) groups excluding carboxylic acids is 2. The van der Waals surface area contributed by atoms with E-state index in [1.54, 1.807) is 31.4 Å². The van der Waals surface area contributed by atoms with Crippen LogP contribution in [-0.4, -0.2) is 56.2 Å². The Bertz CT molecular complexity index is 519. The second kappa shape index (κ2) is 7.74. The van der Waals surface area contributed by atoms with Gasteiger partial charge < -0.3 is 20.3 Å². The van der Waals surface area contributed by atoms with Crippen molar-refractivity contribution in [3.8, 4) is 5.75 Å². The Hall–Kier alpha value is -2.15. The first-order chi connectivity index (χ1) is 10.6. The third kappa shape index (κ3) is 4.17. The van der Waals surface area contributed by atoms with E-state index in [1.165, 1.54) is 4.90 Å². The molecular weight excluding hydrogens is 289 g/mol. The van der Waals surface area contributed by atoms with Gasteiger partial charge in [-0.15, -0.1) is 0 Å². The smallest absolute Gasteiger partial charge is 0.240 e. The zero-order valence-corrected chi connectivity index (χ0v) is 12.5. The van der Waals surface area contributed by atoms with Crippen molar-refractivity contribution in [2.45, 2.75) is 12.5 Å². The Labute approximate surface area is 128 Å². The van der Waals surface area contributed by atoms with Crippen molar-refractivity contribution in [2.75, 3.05) is 38.7 Å². The molecule has 1 aliphatic heterocycles. The number of carbonyl (C=O) groups is 2. The minimum absolute atomic E-state index is 0.0215. The molecule has 2 N–H and O–H groups in total. The van der Waals surface area contributed by atoms with Crippen LogP contribution < -0.4 is 15.4 Å². The average molecular weight is 309 g/mol. The summed E-state index contributed by atoms with van der Waals surface area (Å²) in [4.78, 5) is 25.6. The number of halogens is 1. The van der Waals surface area contributed by atoms with E-state index in [4.69, 9.17) is 4.74 Å². The number of hydrogen-bond donors (Lipinski definition) is 2. The predicted molar refractivity (Wildman–Crippen MR) is 80.6 cm³/mol. The number of benzene rings is 1. The van der Waals surface area contributed by atoms with E-state index in [2.05, 4.69) is 10.6 Å². The van der Waals surface area contributed by atoms with Crippen molar-refractivity contribution in [1.82, 2.24) is 10.2 Å². The Kier molecular flexibility index (Phi) is 5.71. The molecule has 0 saturated carbocycles. The number of piperazine rings is 1. The van der Waals surface area contributed by atoms with E-state index in [0.29, 0.717) is 24.5 Å². The van der Waals surface area contributed by atoms with Gasteiger partial charge in [0.25, 0.3) is 0 Å². The van der Waals surface area contributed by atoms with Crippen molar-refractivity contribution in [1.29, 1.82) is 0 Å². The fourth-order valence-electron chi connectivity index (χ4n) is 2.35. The van der Waals surface area contributed by atoms with Crippen LogP contribution in [-0.2, 0) is 9.59 Å². The maximum atomic E-state index is 12.4. The quantitative estimate of drug-likeness (QED) is 0.815. The van der Waals surface area contributed by atoms with Gasteiger partial charge in [0.2, 0.25) is 11.8 Å². The summed E-state index contributed by atoms with van der Waals surface area (Å²) in [7, 11) is 1.57. The number of hydrogen-bond acceptors (Lipinski definition) is 4. The van der Waals surface area contributed by atoms with Crippen LogP contribution in [0.25, 0.3) is 0 Å². The summed E-state index contributed by atoms with van der Waals surface area (Å²) in [6.45, 7) is 0.541. The van der Waals surface area contributed by atoms with Gasteiger partial charge in [-0.2, -0.15) is 0 Å². The predicted octanol–water partition coefficient (Wildman–Crippen LogP) is 0.794. The van der Waals surface area contributed by atoms with E-state index < -0.39 is 12.7 Å². The highest BCUT2D eigenvalue weighted by Gasteiger charge is 2.29. The third-order valence-corrected chi connectivity index (χ3v) is 3.50. The molecule has 2 rings (SSSR count). The molecule has 1 aliphatic rings. The molecule has 1 aromatic carbocycles. The van der Waals surface area contributed by atoms with Crippen LogP contribution in [0.1, 0.15) is 6.42 Å². The van der Waals surface area contributed by atoms with Crippen LogP contribution in [0.2, 0.25) is 0 Å². The lowest BCUT2D eigenvalue weighted by Gasteiger charge is -2.32. The number of rotatable bonds is 6. The second-order valence-electron chi connectivity index (χ2n) is 5.00. The number of nitrogens with one attached hydrogen (secondary N) is 2. The summed E-state index contributed by atoms with van der Waals surface area (Å²) in [5, 5.41) is 5.73. The molecule has 1 heterocycles. The molecule has 1 fully saturated rings. The van der Waals surface area contributed by atoms with Crippen LogP contribution in [0, 0.1) is 0 Å². The lowest BCUT2D eigenvalue weighted by Crippen LogP contribution is -2.56. The monoisotopic (exact) mass is 309 g/mol. The molecule has 0 bridgehead atoms. The first kappa shape index (κ1) is 16.2. The van der Waals surface area contributed by atoms with Crippen molar-refractivity contribution in [3.05, 3.63) is 24.3 Å². The average Bonchev–Trinajstić information content (AvgIpc) is 2.52.